The molecule has 1 aromatic rings. The van der Waals surface area contributed by atoms with Crippen LogP contribution >= 0.6 is 0 Å². The van der Waals surface area contributed by atoms with Crippen LogP contribution in [-0.4, -0.2) is 17.0 Å². The zero-order valence-electron chi connectivity index (χ0n) is 12.1. The van der Waals surface area contributed by atoms with Crippen LogP contribution in [0.4, 0.5) is 0 Å². The van der Waals surface area contributed by atoms with E-state index < -0.39 is 17.8 Å². The molecule has 2 atom stereocenters. The normalized spacial score (nSPS) is 18.7. The van der Waals surface area contributed by atoms with Crippen LogP contribution in [0.25, 0.3) is 0 Å². The molecule has 20 heavy (non-hydrogen) atoms. The Bertz CT molecular complexity index is 537. The maximum Gasteiger partial charge on any atom is 0.315 e. The van der Waals surface area contributed by atoms with E-state index in [1.165, 1.54) is 18.1 Å². The number of amides is 1. The average Bonchev–Trinajstić information content (AvgIpc) is 2.80. The highest BCUT2D eigenvalue weighted by atomic mass is 16.4. The van der Waals surface area contributed by atoms with E-state index in [9.17, 15) is 9.59 Å². The monoisotopic (exact) mass is 275 g/mol. The van der Waals surface area contributed by atoms with Crippen molar-refractivity contribution in [1.82, 2.24) is 5.32 Å². The van der Waals surface area contributed by atoms with Crippen LogP contribution in [0.2, 0.25) is 0 Å². The predicted octanol–water partition coefficient (Wildman–Crippen LogP) is 2.63. The van der Waals surface area contributed by atoms with Crippen molar-refractivity contribution in [3.05, 3.63) is 34.9 Å². The fourth-order valence-electron chi connectivity index (χ4n) is 2.54. The van der Waals surface area contributed by atoms with Crippen molar-refractivity contribution in [3.63, 3.8) is 0 Å². The molecule has 4 heteroatoms. The van der Waals surface area contributed by atoms with Gasteiger partial charge in [-0.3, -0.25) is 9.59 Å². The number of carboxylic acids is 1. The Morgan fingerprint density at radius 3 is 2.60 bits per heavy atom. The van der Waals surface area contributed by atoms with E-state index in [0.717, 1.165) is 18.4 Å². The second-order valence-electron chi connectivity index (χ2n) is 5.77. The van der Waals surface area contributed by atoms with E-state index >= 15 is 0 Å². The number of fused-ring (bicyclic) bond motifs is 1. The fourth-order valence-corrected chi connectivity index (χ4v) is 2.54. The number of hydrogen-bond acceptors (Lipinski definition) is 2. The molecule has 2 N–H and O–H groups in total. The second-order valence-corrected chi connectivity index (χ2v) is 5.77. The lowest BCUT2D eigenvalue weighted by Gasteiger charge is -2.17. The first-order chi connectivity index (χ1) is 9.40. The molecule has 0 saturated carbocycles. The molecule has 1 amide bonds. The van der Waals surface area contributed by atoms with Gasteiger partial charge in [0.25, 0.3) is 0 Å². The number of carbonyl (C=O) groups is 2. The van der Waals surface area contributed by atoms with E-state index in [4.69, 9.17) is 5.11 Å². The first-order valence-electron chi connectivity index (χ1n) is 7.06. The Labute approximate surface area is 119 Å². The lowest BCUT2D eigenvalue weighted by atomic mass is 9.97. The van der Waals surface area contributed by atoms with Gasteiger partial charge in [0.15, 0.2) is 0 Å². The topological polar surface area (TPSA) is 66.4 Å². The zero-order valence-corrected chi connectivity index (χ0v) is 12.1. The quantitative estimate of drug-likeness (QED) is 0.830. The lowest BCUT2D eigenvalue weighted by molar-refractivity contribution is -0.146. The summed E-state index contributed by atoms with van der Waals surface area (Å²) in [6.45, 7) is 5.69. The highest BCUT2D eigenvalue weighted by Gasteiger charge is 2.28. The molecule has 0 radical (unpaired) electrons. The minimum atomic E-state index is -1.09. The van der Waals surface area contributed by atoms with Gasteiger partial charge in [-0.1, -0.05) is 32.0 Å². The second kappa shape index (κ2) is 5.65. The van der Waals surface area contributed by atoms with Crippen LogP contribution in [0.15, 0.2) is 18.2 Å². The zero-order chi connectivity index (χ0) is 14.9. The van der Waals surface area contributed by atoms with Crippen molar-refractivity contribution in [2.24, 2.45) is 5.92 Å². The SMILES string of the molecule is CC(C(=O)O)C(=O)NC1CCc2ccc(C(C)C)cc21. The van der Waals surface area contributed by atoms with E-state index in [0.29, 0.717) is 5.92 Å². The number of aryl methyl sites for hydroxylation is 1. The van der Waals surface area contributed by atoms with Gasteiger partial charge in [-0.25, -0.2) is 0 Å². The maximum atomic E-state index is 11.9. The molecule has 2 rings (SSSR count). The first-order valence-corrected chi connectivity index (χ1v) is 7.06. The molecule has 108 valence electrons. The minimum absolute atomic E-state index is 0.0574. The van der Waals surface area contributed by atoms with Crippen molar-refractivity contribution in [3.8, 4) is 0 Å². The molecule has 0 fully saturated rings. The summed E-state index contributed by atoms with van der Waals surface area (Å²) in [5, 5.41) is 11.7. The summed E-state index contributed by atoms with van der Waals surface area (Å²) in [5.41, 5.74) is 3.64. The summed E-state index contributed by atoms with van der Waals surface area (Å²) >= 11 is 0. The molecular formula is C16H21NO3. The van der Waals surface area contributed by atoms with Crippen molar-refractivity contribution in [1.29, 1.82) is 0 Å². The Kier molecular flexibility index (Phi) is 4.12. The number of benzene rings is 1. The van der Waals surface area contributed by atoms with Crippen molar-refractivity contribution < 1.29 is 14.7 Å². The number of aliphatic carboxylic acids is 1. The van der Waals surface area contributed by atoms with Gasteiger partial charge in [0.1, 0.15) is 5.92 Å². The smallest absolute Gasteiger partial charge is 0.315 e. The minimum Gasteiger partial charge on any atom is -0.481 e. The molecule has 0 spiro atoms. The molecule has 1 aliphatic carbocycles. The Balaban J connectivity index is 2.17. The summed E-state index contributed by atoms with van der Waals surface area (Å²) in [7, 11) is 0. The van der Waals surface area contributed by atoms with Gasteiger partial charge >= 0.3 is 5.97 Å². The van der Waals surface area contributed by atoms with Gasteiger partial charge in [0, 0.05) is 0 Å². The van der Waals surface area contributed by atoms with E-state index in [1.54, 1.807) is 0 Å². The third kappa shape index (κ3) is 2.84. The van der Waals surface area contributed by atoms with Crippen LogP contribution in [0.5, 0.6) is 0 Å². The predicted molar refractivity (Wildman–Crippen MR) is 76.5 cm³/mol. The summed E-state index contributed by atoms with van der Waals surface area (Å²) in [4.78, 5) is 22.7. The third-order valence-corrected chi connectivity index (χ3v) is 3.99. The maximum absolute atomic E-state index is 11.9. The number of hydrogen-bond donors (Lipinski definition) is 2. The molecule has 2 unspecified atom stereocenters. The Morgan fingerprint density at radius 1 is 1.30 bits per heavy atom. The summed E-state index contributed by atoms with van der Waals surface area (Å²) in [6.07, 6.45) is 1.77. The molecule has 1 aromatic carbocycles. The van der Waals surface area contributed by atoms with Gasteiger partial charge in [0.2, 0.25) is 5.91 Å². The fraction of sp³-hybridized carbons (Fsp3) is 0.500. The molecule has 0 aromatic heterocycles. The van der Waals surface area contributed by atoms with Crippen LogP contribution in [0.1, 0.15) is 55.8 Å². The Hall–Kier alpha value is -1.84. The molecule has 0 aliphatic heterocycles. The standard InChI is InChI=1S/C16H21NO3/c1-9(2)12-5-4-11-6-7-14(13(11)8-12)17-15(18)10(3)16(19)20/h4-5,8-10,14H,6-7H2,1-3H3,(H,17,18)(H,19,20). The average molecular weight is 275 g/mol. The van der Waals surface area contributed by atoms with E-state index in [-0.39, 0.29) is 6.04 Å². The van der Waals surface area contributed by atoms with Crippen molar-refractivity contribution >= 4 is 11.9 Å². The third-order valence-electron chi connectivity index (χ3n) is 3.99. The van der Waals surface area contributed by atoms with Crippen LogP contribution < -0.4 is 5.32 Å². The summed E-state index contributed by atoms with van der Waals surface area (Å²) < 4.78 is 0. The molecule has 1 aliphatic rings. The highest BCUT2D eigenvalue weighted by Crippen LogP contribution is 2.33. The van der Waals surface area contributed by atoms with E-state index in [2.05, 4.69) is 37.4 Å². The van der Waals surface area contributed by atoms with Gasteiger partial charge in [-0.2, -0.15) is 0 Å². The number of rotatable bonds is 4. The number of nitrogens with one attached hydrogen (secondary N) is 1. The molecule has 0 saturated heterocycles. The van der Waals surface area contributed by atoms with Crippen LogP contribution in [0.3, 0.4) is 0 Å². The molecule has 0 heterocycles. The van der Waals surface area contributed by atoms with Crippen molar-refractivity contribution in [2.45, 2.75) is 45.6 Å². The largest absolute Gasteiger partial charge is 0.481 e. The molecule has 0 bridgehead atoms. The Morgan fingerprint density at radius 2 is 2.00 bits per heavy atom. The highest BCUT2D eigenvalue weighted by molar-refractivity contribution is 5.96. The van der Waals surface area contributed by atoms with Crippen molar-refractivity contribution in [2.75, 3.05) is 0 Å². The number of carbonyl (C=O) groups excluding carboxylic acids is 1. The molecular weight excluding hydrogens is 254 g/mol. The lowest BCUT2D eigenvalue weighted by Crippen LogP contribution is -2.35. The summed E-state index contributed by atoms with van der Waals surface area (Å²) in [6, 6.07) is 6.34. The van der Waals surface area contributed by atoms with Gasteiger partial charge in [-0.05, 0) is 42.4 Å². The first kappa shape index (κ1) is 14.6. The molecule has 4 nitrogen and oxygen atoms in total. The van der Waals surface area contributed by atoms with Gasteiger partial charge in [0.05, 0.1) is 6.04 Å². The van der Waals surface area contributed by atoms with Gasteiger partial charge in [-0.15, -0.1) is 0 Å². The number of carboxylic acid groups (broad SMARTS) is 1. The van der Waals surface area contributed by atoms with Crippen LogP contribution in [-0.2, 0) is 16.0 Å². The summed E-state index contributed by atoms with van der Waals surface area (Å²) in [5.74, 6) is -2.07. The van der Waals surface area contributed by atoms with Crippen LogP contribution in [0, 0.1) is 5.92 Å². The van der Waals surface area contributed by atoms with E-state index in [1.807, 2.05) is 0 Å². The van der Waals surface area contributed by atoms with Gasteiger partial charge < -0.3 is 10.4 Å².